The van der Waals surface area contributed by atoms with Crippen LogP contribution < -0.4 is 0 Å². The van der Waals surface area contributed by atoms with Gasteiger partial charge in [0.05, 0.1) is 6.61 Å². The van der Waals surface area contributed by atoms with Crippen molar-refractivity contribution in [3.8, 4) is 0 Å². The van der Waals surface area contributed by atoms with Crippen LogP contribution in [0.2, 0.25) is 5.15 Å². The zero-order valence-corrected chi connectivity index (χ0v) is 12.8. The summed E-state index contributed by atoms with van der Waals surface area (Å²) in [6.45, 7) is 2.80. The molecule has 108 valence electrons. The van der Waals surface area contributed by atoms with E-state index in [4.69, 9.17) is 11.6 Å². The highest BCUT2D eigenvalue weighted by Gasteiger charge is 2.15. The molecular weight excluding hydrogens is 282 g/mol. The number of hydrogen-bond acceptors (Lipinski definition) is 1. The van der Waals surface area contributed by atoms with Crippen molar-refractivity contribution in [3.63, 3.8) is 0 Å². The Kier molecular flexibility index (Phi) is 4.00. The van der Waals surface area contributed by atoms with E-state index in [2.05, 4.69) is 41.8 Å². The number of rotatable bonds is 4. The molecule has 3 aromatic rings. The van der Waals surface area contributed by atoms with Crippen molar-refractivity contribution < 1.29 is 5.11 Å². The minimum atomic E-state index is -0.0374. The molecule has 0 aliphatic heterocycles. The van der Waals surface area contributed by atoms with E-state index in [1.54, 1.807) is 0 Å². The topological polar surface area (TPSA) is 25.2 Å². The predicted molar refractivity (Wildman–Crippen MR) is 87.8 cm³/mol. The van der Waals surface area contributed by atoms with E-state index < -0.39 is 0 Å². The van der Waals surface area contributed by atoms with Crippen molar-refractivity contribution in [1.82, 2.24) is 4.57 Å². The van der Waals surface area contributed by atoms with E-state index in [1.165, 1.54) is 11.1 Å². The van der Waals surface area contributed by atoms with E-state index in [0.29, 0.717) is 11.7 Å². The maximum atomic E-state index is 9.66. The van der Waals surface area contributed by atoms with Crippen molar-refractivity contribution in [2.45, 2.75) is 26.5 Å². The summed E-state index contributed by atoms with van der Waals surface area (Å²) in [5.41, 5.74) is 4.34. The first-order valence-corrected chi connectivity index (χ1v) is 7.56. The molecule has 3 heteroatoms. The highest BCUT2D eigenvalue weighted by atomic mass is 35.5. The average Bonchev–Trinajstić information content (AvgIpc) is 2.79. The molecule has 0 bridgehead atoms. The van der Waals surface area contributed by atoms with Gasteiger partial charge in [0.2, 0.25) is 0 Å². The van der Waals surface area contributed by atoms with E-state index in [9.17, 15) is 5.11 Å². The van der Waals surface area contributed by atoms with Crippen LogP contribution in [0.3, 0.4) is 0 Å². The number of nitrogens with zero attached hydrogens (tertiary/aromatic N) is 1. The molecule has 0 amide bonds. The van der Waals surface area contributed by atoms with E-state index in [1.807, 2.05) is 18.2 Å². The summed E-state index contributed by atoms with van der Waals surface area (Å²) in [5, 5.41) is 11.3. The maximum absolute atomic E-state index is 9.66. The molecule has 21 heavy (non-hydrogen) atoms. The molecule has 1 heterocycles. The molecule has 0 fully saturated rings. The summed E-state index contributed by atoms with van der Waals surface area (Å²) in [7, 11) is 0. The Morgan fingerprint density at radius 2 is 1.81 bits per heavy atom. The van der Waals surface area contributed by atoms with E-state index >= 15 is 0 Å². The van der Waals surface area contributed by atoms with Crippen LogP contribution in [0.1, 0.15) is 23.6 Å². The van der Waals surface area contributed by atoms with Gasteiger partial charge in [-0.1, -0.05) is 54.9 Å². The molecule has 2 aromatic carbocycles. The number of fused-ring (bicyclic) bond motifs is 1. The summed E-state index contributed by atoms with van der Waals surface area (Å²) in [4.78, 5) is 0. The van der Waals surface area contributed by atoms with Crippen LogP contribution >= 0.6 is 11.6 Å². The largest absolute Gasteiger partial charge is 0.392 e. The molecule has 2 nitrogen and oxygen atoms in total. The molecular formula is C18H18ClNO. The van der Waals surface area contributed by atoms with Crippen molar-refractivity contribution in [2.75, 3.05) is 0 Å². The van der Waals surface area contributed by atoms with Gasteiger partial charge in [-0.15, -0.1) is 0 Å². The van der Waals surface area contributed by atoms with Gasteiger partial charge in [0.1, 0.15) is 5.15 Å². The second kappa shape index (κ2) is 5.92. The van der Waals surface area contributed by atoms with Gasteiger partial charge in [0, 0.05) is 23.0 Å². The van der Waals surface area contributed by atoms with Crippen molar-refractivity contribution in [3.05, 3.63) is 70.4 Å². The van der Waals surface area contributed by atoms with Crippen LogP contribution in [0.4, 0.5) is 0 Å². The summed E-state index contributed by atoms with van der Waals surface area (Å²) in [6, 6.07) is 16.6. The lowest BCUT2D eigenvalue weighted by Gasteiger charge is -2.08. The Balaban J connectivity index is 2.16. The highest BCUT2D eigenvalue weighted by molar-refractivity contribution is 6.32. The van der Waals surface area contributed by atoms with Crippen LogP contribution in [0.15, 0.2) is 48.5 Å². The first-order valence-electron chi connectivity index (χ1n) is 7.19. The summed E-state index contributed by atoms with van der Waals surface area (Å²) in [5.74, 6) is 0. The van der Waals surface area contributed by atoms with Crippen LogP contribution in [-0.4, -0.2) is 9.67 Å². The molecule has 0 spiro atoms. The Bertz CT molecular complexity index is 762. The van der Waals surface area contributed by atoms with Crippen molar-refractivity contribution >= 4 is 22.5 Å². The molecule has 0 atom stereocenters. The summed E-state index contributed by atoms with van der Waals surface area (Å²) < 4.78 is 2.07. The SMILES string of the molecule is CCc1ccc2c(c1)c(CO)c(Cl)n2Cc1ccccc1. The normalized spacial score (nSPS) is 11.2. The Morgan fingerprint density at radius 1 is 1.05 bits per heavy atom. The van der Waals surface area contributed by atoms with Gasteiger partial charge in [0.15, 0.2) is 0 Å². The monoisotopic (exact) mass is 299 g/mol. The van der Waals surface area contributed by atoms with Crippen molar-refractivity contribution in [2.24, 2.45) is 0 Å². The van der Waals surface area contributed by atoms with E-state index in [-0.39, 0.29) is 6.61 Å². The number of aryl methyl sites for hydroxylation is 1. The molecule has 3 rings (SSSR count). The number of hydrogen-bond donors (Lipinski definition) is 1. The van der Waals surface area contributed by atoms with Crippen molar-refractivity contribution in [1.29, 1.82) is 0 Å². The highest BCUT2D eigenvalue weighted by Crippen LogP contribution is 2.31. The second-order valence-electron chi connectivity index (χ2n) is 5.20. The number of benzene rings is 2. The smallest absolute Gasteiger partial charge is 0.115 e. The van der Waals surface area contributed by atoms with Gasteiger partial charge >= 0.3 is 0 Å². The van der Waals surface area contributed by atoms with Gasteiger partial charge in [-0.25, -0.2) is 0 Å². The summed E-state index contributed by atoms with van der Waals surface area (Å²) in [6.07, 6.45) is 0.974. The standard InChI is InChI=1S/C18H18ClNO/c1-2-13-8-9-17-15(10-13)16(12-21)18(19)20(17)11-14-6-4-3-5-7-14/h3-10,21H,2,11-12H2,1H3. The molecule has 1 N–H and O–H groups in total. The second-order valence-corrected chi connectivity index (χ2v) is 5.56. The Morgan fingerprint density at radius 3 is 2.48 bits per heavy atom. The fraction of sp³-hybridized carbons (Fsp3) is 0.222. The minimum Gasteiger partial charge on any atom is -0.392 e. The lowest BCUT2D eigenvalue weighted by Crippen LogP contribution is -1.99. The number of aliphatic hydroxyl groups is 1. The first kappa shape index (κ1) is 14.2. The fourth-order valence-corrected chi connectivity index (χ4v) is 3.04. The molecule has 0 radical (unpaired) electrons. The quantitative estimate of drug-likeness (QED) is 0.759. The zero-order valence-electron chi connectivity index (χ0n) is 12.0. The maximum Gasteiger partial charge on any atom is 0.115 e. The fourth-order valence-electron chi connectivity index (χ4n) is 2.73. The average molecular weight is 300 g/mol. The Hall–Kier alpha value is -1.77. The third-order valence-electron chi connectivity index (χ3n) is 3.91. The van der Waals surface area contributed by atoms with E-state index in [0.717, 1.165) is 22.9 Å². The zero-order chi connectivity index (χ0) is 14.8. The molecule has 0 saturated heterocycles. The van der Waals surface area contributed by atoms with Crippen LogP contribution in [0, 0.1) is 0 Å². The van der Waals surface area contributed by atoms with Gasteiger partial charge in [-0.05, 0) is 29.7 Å². The van der Waals surface area contributed by atoms with Crippen LogP contribution in [0.5, 0.6) is 0 Å². The molecule has 0 aliphatic rings. The molecule has 0 saturated carbocycles. The third kappa shape index (κ3) is 2.57. The summed E-state index contributed by atoms with van der Waals surface area (Å²) >= 11 is 6.50. The van der Waals surface area contributed by atoms with Gasteiger partial charge in [-0.3, -0.25) is 0 Å². The van der Waals surface area contributed by atoms with Gasteiger partial charge in [0.25, 0.3) is 0 Å². The van der Waals surface area contributed by atoms with Gasteiger partial charge < -0.3 is 9.67 Å². The Labute approximate surface area is 129 Å². The first-order chi connectivity index (χ1) is 10.2. The number of aliphatic hydroxyl groups excluding tert-OH is 1. The lowest BCUT2D eigenvalue weighted by molar-refractivity contribution is 0.283. The van der Waals surface area contributed by atoms with Gasteiger partial charge in [-0.2, -0.15) is 0 Å². The predicted octanol–water partition coefficient (Wildman–Crippen LogP) is 4.40. The van der Waals surface area contributed by atoms with Crippen LogP contribution in [-0.2, 0) is 19.6 Å². The number of aromatic nitrogens is 1. The third-order valence-corrected chi connectivity index (χ3v) is 4.34. The van der Waals surface area contributed by atoms with Crippen LogP contribution in [0.25, 0.3) is 10.9 Å². The molecule has 0 unspecified atom stereocenters. The lowest BCUT2D eigenvalue weighted by atomic mass is 10.1. The number of halogens is 1. The molecule has 0 aliphatic carbocycles. The molecule has 1 aromatic heterocycles. The minimum absolute atomic E-state index is 0.0374.